The van der Waals surface area contributed by atoms with Gasteiger partial charge in [-0.25, -0.2) is 14.6 Å². The average molecular weight is 418 g/mol. The molecule has 0 radical (unpaired) electrons. The van der Waals surface area contributed by atoms with E-state index in [1.165, 1.54) is 17.8 Å². The van der Waals surface area contributed by atoms with E-state index in [4.69, 9.17) is 24.6 Å². The minimum absolute atomic E-state index is 0.00516. The molecule has 15 heteroatoms. The fourth-order valence-electron chi connectivity index (χ4n) is 3.03. The summed E-state index contributed by atoms with van der Waals surface area (Å²) < 4.78 is 43.6. The molecule has 5 N–H and O–H groups in total. The Balaban J connectivity index is 1.60. The SMILES string of the molecule is C[C@H](NP1(=O)OC[C@H]2OC(n3cnc4c(N)nc(F)nc43)C(O)[C@@H]2O1)C(=O)O. The summed E-state index contributed by atoms with van der Waals surface area (Å²) >= 11 is 0. The van der Waals surface area contributed by atoms with Crippen molar-refractivity contribution in [1.29, 1.82) is 0 Å². The van der Waals surface area contributed by atoms with Crippen LogP contribution in [0.3, 0.4) is 0 Å². The standard InChI is InChI=1S/C13H16FN6O7P/c1-4(12(22)23)19-28(24)25-2-5-8(27-28)7(21)11(26-5)20-3-16-6-9(15)17-13(14)18-10(6)20/h3-5,7-8,11,21H,2H2,1H3,(H,19,24)(H,22,23)(H2,15,17,18)/t4-,5+,7?,8+,11?,28?/m0/s1. The van der Waals surface area contributed by atoms with Crippen molar-refractivity contribution in [3.8, 4) is 0 Å². The van der Waals surface area contributed by atoms with Crippen molar-refractivity contribution in [1.82, 2.24) is 24.6 Å². The number of halogens is 1. The van der Waals surface area contributed by atoms with Crippen molar-refractivity contribution in [3.05, 3.63) is 12.4 Å². The van der Waals surface area contributed by atoms with Crippen LogP contribution in [0.15, 0.2) is 6.33 Å². The third kappa shape index (κ3) is 3.13. The molecule has 0 aromatic carbocycles. The molecule has 2 saturated heterocycles. The molecule has 0 spiro atoms. The van der Waals surface area contributed by atoms with Crippen molar-refractivity contribution >= 4 is 30.7 Å². The molecule has 13 nitrogen and oxygen atoms in total. The first-order valence-electron chi connectivity index (χ1n) is 8.11. The van der Waals surface area contributed by atoms with Gasteiger partial charge >= 0.3 is 19.8 Å². The molecule has 2 aliphatic heterocycles. The number of aliphatic carboxylic acids is 1. The first kappa shape index (κ1) is 19.1. The van der Waals surface area contributed by atoms with Crippen LogP contribution in [0.4, 0.5) is 10.2 Å². The lowest BCUT2D eigenvalue weighted by atomic mass is 10.1. The number of fused-ring (bicyclic) bond motifs is 2. The minimum atomic E-state index is -4.00. The van der Waals surface area contributed by atoms with E-state index in [0.717, 1.165) is 0 Å². The number of anilines is 1. The Bertz CT molecular complexity index is 988. The molecule has 2 aliphatic rings. The van der Waals surface area contributed by atoms with Crippen molar-refractivity contribution in [2.75, 3.05) is 12.3 Å². The summed E-state index contributed by atoms with van der Waals surface area (Å²) in [6.45, 7) is 1.04. The molecule has 28 heavy (non-hydrogen) atoms. The Hall–Kier alpha value is -2.22. The fraction of sp³-hybridized carbons (Fsp3) is 0.538. The summed E-state index contributed by atoms with van der Waals surface area (Å²) in [5, 5.41) is 21.8. The maximum atomic E-state index is 13.5. The number of carbonyl (C=O) groups is 1. The van der Waals surface area contributed by atoms with Gasteiger partial charge in [-0.05, 0) is 6.92 Å². The molecule has 2 aromatic rings. The van der Waals surface area contributed by atoms with Gasteiger partial charge in [-0.15, -0.1) is 0 Å². The number of nitrogen functional groups attached to an aromatic ring is 1. The van der Waals surface area contributed by atoms with E-state index in [9.17, 15) is 18.9 Å². The van der Waals surface area contributed by atoms with Gasteiger partial charge in [-0.3, -0.25) is 18.4 Å². The number of aromatic nitrogens is 4. The average Bonchev–Trinajstić information content (AvgIpc) is 3.16. The Morgan fingerprint density at radius 3 is 3.00 bits per heavy atom. The quantitative estimate of drug-likeness (QED) is 0.365. The first-order chi connectivity index (χ1) is 13.2. The molecule has 3 unspecified atom stereocenters. The lowest BCUT2D eigenvalue weighted by molar-refractivity contribution is -0.138. The van der Waals surface area contributed by atoms with Crippen LogP contribution in [-0.4, -0.2) is 66.7 Å². The number of imidazole rings is 1. The van der Waals surface area contributed by atoms with Gasteiger partial charge in [0.25, 0.3) is 0 Å². The molecule has 0 amide bonds. The predicted molar refractivity (Wildman–Crippen MR) is 88.3 cm³/mol. The zero-order valence-electron chi connectivity index (χ0n) is 14.3. The number of aliphatic hydroxyl groups is 1. The van der Waals surface area contributed by atoms with E-state index in [2.05, 4.69) is 20.0 Å². The second-order valence-corrected chi connectivity index (χ2v) is 8.03. The highest BCUT2D eigenvalue weighted by Crippen LogP contribution is 2.53. The van der Waals surface area contributed by atoms with Crippen LogP contribution >= 0.6 is 7.75 Å². The van der Waals surface area contributed by atoms with Crippen molar-refractivity contribution in [3.63, 3.8) is 0 Å². The van der Waals surface area contributed by atoms with Crippen LogP contribution in [0.25, 0.3) is 11.2 Å². The molecule has 2 fully saturated rings. The van der Waals surface area contributed by atoms with Crippen LogP contribution in [0.5, 0.6) is 0 Å². The Labute approximate surface area is 156 Å². The second-order valence-electron chi connectivity index (χ2n) is 6.31. The molecule has 0 aliphatic carbocycles. The minimum Gasteiger partial charge on any atom is -0.480 e. The number of nitrogens with one attached hydrogen (secondary N) is 1. The number of hydrogen-bond acceptors (Lipinski definition) is 10. The normalized spacial score (nSPS) is 33.7. The van der Waals surface area contributed by atoms with Gasteiger partial charge in [0.05, 0.1) is 12.9 Å². The van der Waals surface area contributed by atoms with E-state index >= 15 is 0 Å². The number of rotatable bonds is 4. The summed E-state index contributed by atoms with van der Waals surface area (Å²) in [5.74, 6) is -1.43. The largest absolute Gasteiger partial charge is 0.480 e. The van der Waals surface area contributed by atoms with Crippen LogP contribution in [0.1, 0.15) is 13.2 Å². The van der Waals surface area contributed by atoms with Crippen LogP contribution in [0, 0.1) is 6.08 Å². The van der Waals surface area contributed by atoms with Gasteiger partial charge in [0.2, 0.25) is 0 Å². The number of ether oxygens (including phenoxy) is 1. The highest BCUT2D eigenvalue weighted by atomic mass is 31.2. The third-order valence-corrected chi connectivity index (χ3v) is 6.11. The molecule has 0 bridgehead atoms. The van der Waals surface area contributed by atoms with Crippen molar-refractivity contribution in [2.45, 2.75) is 37.5 Å². The number of hydrogen-bond donors (Lipinski definition) is 4. The Morgan fingerprint density at radius 1 is 1.54 bits per heavy atom. The summed E-state index contributed by atoms with van der Waals surface area (Å²) in [6, 6.07) is -1.21. The smallest absolute Gasteiger partial charge is 0.406 e. The number of nitrogens with two attached hydrogens (primary N) is 1. The zero-order valence-corrected chi connectivity index (χ0v) is 15.2. The zero-order chi connectivity index (χ0) is 20.2. The van der Waals surface area contributed by atoms with Gasteiger partial charge in [0, 0.05) is 0 Å². The van der Waals surface area contributed by atoms with Gasteiger partial charge in [-0.1, -0.05) is 0 Å². The maximum absolute atomic E-state index is 13.5. The molecule has 0 saturated carbocycles. The van der Waals surface area contributed by atoms with Crippen molar-refractivity contribution in [2.24, 2.45) is 0 Å². The number of carboxylic acid groups (broad SMARTS) is 1. The van der Waals surface area contributed by atoms with Crippen LogP contribution in [0.2, 0.25) is 0 Å². The maximum Gasteiger partial charge on any atom is 0.406 e. The third-order valence-electron chi connectivity index (χ3n) is 4.40. The van der Waals surface area contributed by atoms with E-state index in [1.54, 1.807) is 0 Å². The van der Waals surface area contributed by atoms with Crippen molar-refractivity contribution < 1.29 is 37.7 Å². The van der Waals surface area contributed by atoms with Crippen LogP contribution < -0.4 is 10.8 Å². The summed E-state index contributed by atoms with van der Waals surface area (Å²) in [6.07, 6.45) is -4.22. The monoisotopic (exact) mass is 418 g/mol. The summed E-state index contributed by atoms with van der Waals surface area (Å²) in [4.78, 5) is 22.0. The molecule has 2 aromatic heterocycles. The molecule has 152 valence electrons. The van der Waals surface area contributed by atoms with Crippen LogP contribution in [-0.2, 0) is 23.1 Å². The fourth-order valence-corrected chi connectivity index (χ4v) is 4.74. The summed E-state index contributed by atoms with van der Waals surface area (Å²) in [7, 11) is -4.00. The van der Waals surface area contributed by atoms with Gasteiger partial charge in [0.15, 0.2) is 23.2 Å². The highest BCUT2D eigenvalue weighted by Gasteiger charge is 2.53. The highest BCUT2D eigenvalue weighted by molar-refractivity contribution is 7.51. The Kier molecular flexibility index (Phi) is 4.56. The number of aliphatic hydroxyl groups excluding tert-OH is 1. The lowest BCUT2D eigenvalue weighted by Crippen LogP contribution is -2.43. The van der Waals surface area contributed by atoms with Gasteiger partial charge in [-0.2, -0.15) is 14.4 Å². The molecule has 4 rings (SSSR count). The van der Waals surface area contributed by atoms with E-state index in [0.29, 0.717) is 0 Å². The topological polar surface area (TPSA) is 184 Å². The van der Waals surface area contributed by atoms with E-state index in [-0.39, 0.29) is 23.6 Å². The predicted octanol–water partition coefficient (Wildman–Crippen LogP) is -0.608. The number of nitrogens with zero attached hydrogens (tertiary/aromatic N) is 4. The van der Waals surface area contributed by atoms with Gasteiger partial charge < -0.3 is 20.7 Å². The molecular formula is C13H16FN6O7P. The van der Waals surface area contributed by atoms with E-state index < -0.39 is 50.4 Å². The first-order valence-corrected chi connectivity index (χ1v) is 9.65. The second kappa shape index (κ2) is 6.69. The molecular weight excluding hydrogens is 402 g/mol. The van der Waals surface area contributed by atoms with E-state index in [1.807, 2.05) is 0 Å². The van der Waals surface area contributed by atoms with Gasteiger partial charge in [0.1, 0.15) is 24.4 Å². The lowest BCUT2D eigenvalue weighted by Gasteiger charge is -2.32. The molecule has 6 atom stereocenters. The Morgan fingerprint density at radius 2 is 2.29 bits per heavy atom. The number of carboxylic acids is 1. The molecule has 4 heterocycles. The summed E-state index contributed by atoms with van der Waals surface area (Å²) in [5.41, 5.74) is 5.73.